The van der Waals surface area contributed by atoms with Crippen molar-refractivity contribution in [1.82, 2.24) is 5.32 Å². The lowest BCUT2D eigenvalue weighted by Crippen LogP contribution is -2.48. The van der Waals surface area contributed by atoms with Gasteiger partial charge in [0.05, 0.1) is 6.61 Å². The van der Waals surface area contributed by atoms with Gasteiger partial charge >= 0.3 is 0 Å². The maximum atomic E-state index is 5.66. The van der Waals surface area contributed by atoms with Gasteiger partial charge in [0.2, 0.25) is 0 Å². The molecule has 0 heterocycles. The normalized spacial score (nSPS) is 11.4. The van der Waals surface area contributed by atoms with Crippen LogP contribution < -0.4 is 10.1 Å². The molecule has 0 bridgehead atoms. The summed E-state index contributed by atoms with van der Waals surface area (Å²) in [4.78, 5) is 0. The van der Waals surface area contributed by atoms with Crippen molar-refractivity contribution < 1.29 is 4.74 Å². The summed E-state index contributed by atoms with van der Waals surface area (Å²) in [6.07, 6.45) is 5.42. The predicted octanol–water partition coefficient (Wildman–Crippen LogP) is 6.07. The minimum Gasteiger partial charge on any atom is -0.493 e. The van der Waals surface area contributed by atoms with Crippen LogP contribution in [0.1, 0.15) is 73.3 Å². The highest BCUT2D eigenvalue weighted by molar-refractivity contribution is 5.55. The Kier molecular flexibility index (Phi) is 9.90. The van der Waals surface area contributed by atoms with Gasteiger partial charge in [0.25, 0.3) is 0 Å². The van der Waals surface area contributed by atoms with Crippen molar-refractivity contribution in [3.63, 3.8) is 0 Å². The number of nitrogens with one attached hydrogen (secondary N) is 1. The molecule has 0 saturated heterocycles. The minimum absolute atomic E-state index is 0.234. The second-order valence-electron chi connectivity index (χ2n) is 7.92. The van der Waals surface area contributed by atoms with Crippen LogP contribution in [0.5, 0.6) is 5.75 Å². The van der Waals surface area contributed by atoms with Crippen LogP contribution in [0.4, 0.5) is 0 Å². The van der Waals surface area contributed by atoms with Gasteiger partial charge < -0.3 is 10.1 Å². The Hall–Kier alpha value is -1.28. The SMILES string of the molecule is C=Cc1ccccc1OCCCCC.CC(C)(C)NC(C)(C)C. The zero-order valence-corrected chi connectivity index (χ0v) is 16.3. The maximum absolute atomic E-state index is 5.66. The van der Waals surface area contributed by atoms with E-state index in [9.17, 15) is 0 Å². The van der Waals surface area contributed by atoms with Gasteiger partial charge in [0.1, 0.15) is 5.75 Å². The molecule has 0 aromatic heterocycles. The molecule has 0 atom stereocenters. The van der Waals surface area contributed by atoms with Gasteiger partial charge in [0.15, 0.2) is 0 Å². The Morgan fingerprint density at radius 3 is 2.00 bits per heavy atom. The third-order valence-electron chi connectivity index (χ3n) is 2.89. The number of para-hydroxylation sites is 1. The summed E-state index contributed by atoms with van der Waals surface area (Å²) in [5, 5.41) is 3.46. The van der Waals surface area contributed by atoms with Crippen LogP contribution in [0, 0.1) is 0 Å². The first-order valence-corrected chi connectivity index (χ1v) is 8.72. The summed E-state index contributed by atoms with van der Waals surface area (Å²) < 4.78 is 5.66. The summed E-state index contributed by atoms with van der Waals surface area (Å²) in [7, 11) is 0. The molecule has 1 aromatic carbocycles. The van der Waals surface area contributed by atoms with Crippen molar-refractivity contribution in [1.29, 1.82) is 0 Å². The fraction of sp³-hybridized carbons (Fsp3) is 0.619. The molecule has 0 aliphatic heterocycles. The van der Waals surface area contributed by atoms with Gasteiger partial charge in [-0.15, -0.1) is 0 Å². The van der Waals surface area contributed by atoms with Crippen molar-refractivity contribution in [2.75, 3.05) is 6.61 Å². The first-order valence-electron chi connectivity index (χ1n) is 8.72. The highest BCUT2D eigenvalue weighted by atomic mass is 16.5. The molecule has 23 heavy (non-hydrogen) atoms. The highest BCUT2D eigenvalue weighted by Crippen LogP contribution is 2.19. The molecule has 0 unspecified atom stereocenters. The average Bonchev–Trinajstić information content (AvgIpc) is 2.41. The summed E-state index contributed by atoms with van der Waals surface area (Å²) in [6.45, 7) is 19.8. The minimum atomic E-state index is 0.234. The van der Waals surface area contributed by atoms with E-state index in [1.807, 2.05) is 30.3 Å². The van der Waals surface area contributed by atoms with E-state index >= 15 is 0 Å². The Morgan fingerprint density at radius 1 is 1.00 bits per heavy atom. The zero-order valence-electron chi connectivity index (χ0n) is 16.3. The van der Waals surface area contributed by atoms with E-state index in [0.29, 0.717) is 0 Å². The topological polar surface area (TPSA) is 21.3 Å². The van der Waals surface area contributed by atoms with Crippen LogP contribution in [0.25, 0.3) is 6.08 Å². The van der Waals surface area contributed by atoms with Crippen LogP contribution >= 0.6 is 0 Å². The van der Waals surface area contributed by atoms with Gasteiger partial charge in [0, 0.05) is 16.6 Å². The smallest absolute Gasteiger partial charge is 0.126 e. The third kappa shape index (κ3) is 12.9. The lowest BCUT2D eigenvalue weighted by molar-refractivity contribution is 0.303. The molecular weight excluding hydrogens is 282 g/mol. The third-order valence-corrected chi connectivity index (χ3v) is 2.89. The molecule has 2 nitrogen and oxygen atoms in total. The van der Waals surface area contributed by atoms with E-state index in [4.69, 9.17) is 4.74 Å². The first kappa shape index (κ1) is 21.7. The van der Waals surface area contributed by atoms with Gasteiger partial charge in [-0.05, 0) is 54.0 Å². The summed E-state index contributed by atoms with van der Waals surface area (Å²) >= 11 is 0. The quantitative estimate of drug-likeness (QED) is 0.642. The van der Waals surface area contributed by atoms with Crippen molar-refractivity contribution in [2.45, 2.75) is 78.8 Å². The molecule has 1 N–H and O–H groups in total. The summed E-state index contributed by atoms with van der Waals surface area (Å²) in [5.74, 6) is 0.943. The van der Waals surface area contributed by atoms with E-state index < -0.39 is 0 Å². The number of ether oxygens (including phenoxy) is 1. The van der Waals surface area contributed by atoms with E-state index in [1.54, 1.807) is 0 Å². The van der Waals surface area contributed by atoms with Crippen LogP contribution in [-0.2, 0) is 0 Å². The van der Waals surface area contributed by atoms with Crippen LogP contribution in [-0.4, -0.2) is 17.7 Å². The second kappa shape index (κ2) is 10.5. The molecule has 0 fully saturated rings. The van der Waals surface area contributed by atoms with Crippen LogP contribution in [0.3, 0.4) is 0 Å². The van der Waals surface area contributed by atoms with Gasteiger partial charge in [-0.1, -0.05) is 50.6 Å². The molecular formula is C21H37NO. The molecule has 0 aliphatic carbocycles. The van der Waals surface area contributed by atoms with E-state index in [1.165, 1.54) is 12.8 Å². The Labute approximate surface area is 144 Å². The largest absolute Gasteiger partial charge is 0.493 e. The molecule has 0 saturated carbocycles. The van der Waals surface area contributed by atoms with E-state index in [0.717, 1.165) is 24.3 Å². The van der Waals surface area contributed by atoms with Crippen LogP contribution in [0.2, 0.25) is 0 Å². The van der Waals surface area contributed by atoms with Crippen molar-refractivity contribution in [3.8, 4) is 5.75 Å². The molecule has 1 aromatic rings. The average molecular weight is 320 g/mol. The molecule has 132 valence electrons. The lowest BCUT2D eigenvalue weighted by Gasteiger charge is -2.31. The number of hydrogen-bond donors (Lipinski definition) is 1. The summed E-state index contributed by atoms with van der Waals surface area (Å²) in [5.41, 5.74) is 1.54. The molecule has 0 spiro atoms. The van der Waals surface area contributed by atoms with Gasteiger partial charge in [-0.25, -0.2) is 0 Å². The number of benzene rings is 1. The maximum Gasteiger partial charge on any atom is 0.126 e. The monoisotopic (exact) mass is 319 g/mol. The lowest BCUT2D eigenvalue weighted by atomic mass is 10.0. The number of unbranched alkanes of at least 4 members (excludes halogenated alkanes) is 2. The molecule has 2 heteroatoms. The Morgan fingerprint density at radius 2 is 1.57 bits per heavy atom. The molecule has 0 aliphatic rings. The highest BCUT2D eigenvalue weighted by Gasteiger charge is 2.18. The molecule has 1 rings (SSSR count). The summed E-state index contributed by atoms with van der Waals surface area (Å²) in [6, 6.07) is 7.99. The fourth-order valence-corrected chi connectivity index (χ4v) is 2.44. The Balaban J connectivity index is 0.000000468. The van der Waals surface area contributed by atoms with E-state index in [2.05, 4.69) is 60.4 Å². The predicted molar refractivity (Wildman–Crippen MR) is 104 cm³/mol. The number of rotatable bonds is 6. The van der Waals surface area contributed by atoms with Crippen molar-refractivity contribution in [3.05, 3.63) is 36.4 Å². The standard InChI is InChI=1S/C13H18O.C8H19N/c1-3-5-8-11-14-13-10-7-6-9-12(13)4-2;1-7(2,3)9-8(4,5)6/h4,6-7,9-10H,2-3,5,8,11H2,1H3;9H,1-6H3. The van der Waals surface area contributed by atoms with Crippen molar-refractivity contribution >= 4 is 6.08 Å². The second-order valence-corrected chi connectivity index (χ2v) is 7.92. The van der Waals surface area contributed by atoms with Crippen LogP contribution in [0.15, 0.2) is 30.8 Å². The zero-order chi connectivity index (χ0) is 17.9. The van der Waals surface area contributed by atoms with Gasteiger partial charge in [-0.2, -0.15) is 0 Å². The molecule has 0 amide bonds. The fourth-order valence-electron chi connectivity index (χ4n) is 2.44. The number of hydrogen-bond acceptors (Lipinski definition) is 2. The Bertz CT molecular complexity index is 426. The van der Waals surface area contributed by atoms with Gasteiger partial charge in [-0.3, -0.25) is 0 Å². The first-order chi connectivity index (χ1) is 10.6. The van der Waals surface area contributed by atoms with Crippen molar-refractivity contribution in [2.24, 2.45) is 0 Å². The van der Waals surface area contributed by atoms with E-state index in [-0.39, 0.29) is 11.1 Å². The molecule has 0 radical (unpaired) electrons.